The van der Waals surface area contributed by atoms with Crippen molar-refractivity contribution in [3.63, 3.8) is 0 Å². The summed E-state index contributed by atoms with van der Waals surface area (Å²) in [4.78, 5) is 2.51. The molecule has 0 radical (unpaired) electrons. The van der Waals surface area contributed by atoms with Gasteiger partial charge in [-0.05, 0) is 51.8 Å². The first-order valence-electron chi connectivity index (χ1n) is 7.70. The Hall–Kier alpha value is -0.870. The molecule has 2 rings (SSSR count). The predicted octanol–water partition coefficient (Wildman–Crippen LogP) is 2.13. The van der Waals surface area contributed by atoms with Gasteiger partial charge in [-0.2, -0.15) is 5.10 Å². The Labute approximate surface area is 117 Å². The maximum atomic E-state index is 4.26. The highest BCUT2D eigenvalue weighted by molar-refractivity contribution is 4.82. The van der Waals surface area contributed by atoms with Crippen LogP contribution < -0.4 is 5.32 Å². The third kappa shape index (κ3) is 4.62. The molecule has 0 aromatic carbocycles. The van der Waals surface area contributed by atoms with E-state index >= 15 is 0 Å². The molecule has 4 heteroatoms. The Morgan fingerprint density at radius 2 is 2.11 bits per heavy atom. The number of rotatable bonds is 7. The van der Waals surface area contributed by atoms with E-state index in [0.29, 0.717) is 0 Å². The molecule has 1 aromatic rings. The fourth-order valence-corrected chi connectivity index (χ4v) is 2.94. The Morgan fingerprint density at radius 1 is 1.32 bits per heavy atom. The lowest BCUT2D eigenvalue weighted by atomic mass is 9.90. The predicted molar refractivity (Wildman–Crippen MR) is 79.2 cm³/mol. The smallest absolute Gasteiger partial charge is 0.0536 e. The van der Waals surface area contributed by atoms with E-state index in [1.165, 1.54) is 38.6 Å². The summed E-state index contributed by atoms with van der Waals surface area (Å²) in [6.45, 7) is 5.50. The molecule has 0 saturated heterocycles. The van der Waals surface area contributed by atoms with E-state index < -0.39 is 0 Å². The molecular weight excluding hydrogens is 236 g/mol. The van der Waals surface area contributed by atoms with Gasteiger partial charge >= 0.3 is 0 Å². The minimum absolute atomic E-state index is 0.759. The molecule has 19 heavy (non-hydrogen) atoms. The molecule has 0 amide bonds. The first-order chi connectivity index (χ1) is 9.29. The van der Waals surface area contributed by atoms with Gasteiger partial charge in [0.2, 0.25) is 0 Å². The molecule has 1 saturated carbocycles. The van der Waals surface area contributed by atoms with Gasteiger partial charge in [0.25, 0.3) is 0 Å². The van der Waals surface area contributed by atoms with Crippen molar-refractivity contribution in [3.8, 4) is 0 Å². The minimum Gasteiger partial charge on any atom is -0.314 e. The standard InChI is InChI=1S/C15H28N4/c1-3-9-16-14-5-7-15(8-6-14)18(2)12-13-19-11-4-10-17-19/h4,10-11,14-16H,3,5-9,12-13H2,1-2H3. The monoisotopic (exact) mass is 264 g/mol. The zero-order valence-electron chi connectivity index (χ0n) is 12.4. The number of aromatic nitrogens is 2. The highest BCUT2D eigenvalue weighted by Crippen LogP contribution is 2.22. The summed E-state index contributed by atoms with van der Waals surface area (Å²) in [6, 6.07) is 3.51. The van der Waals surface area contributed by atoms with Gasteiger partial charge in [0.05, 0.1) is 6.54 Å². The van der Waals surface area contributed by atoms with Crippen LogP contribution in [-0.2, 0) is 6.54 Å². The molecule has 0 atom stereocenters. The van der Waals surface area contributed by atoms with Gasteiger partial charge < -0.3 is 10.2 Å². The van der Waals surface area contributed by atoms with Gasteiger partial charge in [0.1, 0.15) is 0 Å². The Kier molecular flexibility index (Phi) is 5.86. The molecule has 1 aliphatic carbocycles. The first kappa shape index (κ1) is 14.5. The number of hydrogen-bond donors (Lipinski definition) is 1. The van der Waals surface area contributed by atoms with E-state index in [0.717, 1.165) is 25.2 Å². The van der Waals surface area contributed by atoms with Gasteiger partial charge in [0.15, 0.2) is 0 Å². The van der Waals surface area contributed by atoms with Gasteiger partial charge in [-0.15, -0.1) is 0 Å². The molecule has 1 aliphatic rings. The fraction of sp³-hybridized carbons (Fsp3) is 0.800. The van der Waals surface area contributed by atoms with Crippen LogP contribution >= 0.6 is 0 Å². The average Bonchev–Trinajstić information content (AvgIpc) is 2.96. The van der Waals surface area contributed by atoms with Gasteiger partial charge in [-0.3, -0.25) is 4.68 Å². The normalized spacial score (nSPS) is 23.9. The third-order valence-corrected chi connectivity index (χ3v) is 4.24. The van der Waals surface area contributed by atoms with Crippen LogP contribution in [0.5, 0.6) is 0 Å². The van der Waals surface area contributed by atoms with Gasteiger partial charge in [-0.25, -0.2) is 0 Å². The second-order valence-corrected chi connectivity index (χ2v) is 5.71. The van der Waals surface area contributed by atoms with Crippen LogP contribution in [0, 0.1) is 0 Å². The van der Waals surface area contributed by atoms with Crippen molar-refractivity contribution < 1.29 is 0 Å². The quantitative estimate of drug-likeness (QED) is 0.819. The second kappa shape index (κ2) is 7.65. The van der Waals surface area contributed by atoms with Crippen molar-refractivity contribution in [2.45, 2.75) is 57.7 Å². The van der Waals surface area contributed by atoms with Gasteiger partial charge in [0, 0.05) is 31.0 Å². The van der Waals surface area contributed by atoms with E-state index in [4.69, 9.17) is 0 Å². The van der Waals surface area contributed by atoms with Crippen LogP contribution in [-0.4, -0.2) is 46.9 Å². The summed E-state index contributed by atoms with van der Waals surface area (Å²) in [5.41, 5.74) is 0. The maximum absolute atomic E-state index is 4.26. The summed E-state index contributed by atoms with van der Waals surface area (Å²) in [6.07, 6.45) is 10.5. The number of nitrogens with one attached hydrogen (secondary N) is 1. The Morgan fingerprint density at radius 3 is 2.74 bits per heavy atom. The lowest BCUT2D eigenvalue weighted by Crippen LogP contribution is -2.42. The van der Waals surface area contributed by atoms with Crippen molar-refractivity contribution >= 4 is 0 Å². The van der Waals surface area contributed by atoms with Crippen molar-refractivity contribution in [3.05, 3.63) is 18.5 Å². The van der Waals surface area contributed by atoms with Crippen molar-refractivity contribution in [1.82, 2.24) is 20.0 Å². The topological polar surface area (TPSA) is 33.1 Å². The molecule has 0 unspecified atom stereocenters. The number of likely N-dealkylation sites (N-methyl/N-ethyl adjacent to an activating group) is 1. The zero-order chi connectivity index (χ0) is 13.5. The largest absolute Gasteiger partial charge is 0.314 e. The van der Waals surface area contributed by atoms with Crippen LogP contribution in [0.15, 0.2) is 18.5 Å². The lowest BCUT2D eigenvalue weighted by molar-refractivity contribution is 0.168. The van der Waals surface area contributed by atoms with Crippen molar-refractivity contribution in [2.75, 3.05) is 20.1 Å². The molecule has 1 heterocycles. The van der Waals surface area contributed by atoms with Gasteiger partial charge in [-0.1, -0.05) is 6.92 Å². The zero-order valence-corrected chi connectivity index (χ0v) is 12.4. The fourth-order valence-electron chi connectivity index (χ4n) is 2.94. The Bertz CT molecular complexity index is 328. The van der Waals surface area contributed by atoms with Crippen LogP contribution in [0.1, 0.15) is 39.0 Å². The summed E-state index contributed by atoms with van der Waals surface area (Å²) >= 11 is 0. The summed E-state index contributed by atoms with van der Waals surface area (Å²) in [7, 11) is 2.26. The molecule has 1 N–H and O–H groups in total. The van der Waals surface area contributed by atoms with E-state index in [1.807, 2.05) is 23.1 Å². The number of hydrogen-bond acceptors (Lipinski definition) is 3. The first-order valence-corrected chi connectivity index (χ1v) is 7.70. The molecule has 1 aromatic heterocycles. The van der Waals surface area contributed by atoms with E-state index in [2.05, 4.69) is 29.3 Å². The molecule has 0 aliphatic heterocycles. The summed E-state index contributed by atoms with van der Waals surface area (Å²) in [5, 5.41) is 7.91. The van der Waals surface area contributed by atoms with Crippen LogP contribution in [0.3, 0.4) is 0 Å². The average molecular weight is 264 g/mol. The Balaban J connectivity index is 1.65. The SMILES string of the molecule is CCCNC1CCC(N(C)CCn2cccn2)CC1. The van der Waals surface area contributed by atoms with E-state index in [-0.39, 0.29) is 0 Å². The van der Waals surface area contributed by atoms with Crippen LogP contribution in [0.4, 0.5) is 0 Å². The summed E-state index contributed by atoms with van der Waals surface area (Å²) in [5.74, 6) is 0. The number of nitrogens with zero attached hydrogens (tertiary/aromatic N) is 3. The molecule has 0 bridgehead atoms. The van der Waals surface area contributed by atoms with Crippen molar-refractivity contribution in [1.29, 1.82) is 0 Å². The molecule has 4 nitrogen and oxygen atoms in total. The van der Waals surface area contributed by atoms with E-state index in [9.17, 15) is 0 Å². The maximum Gasteiger partial charge on any atom is 0.0536 e. The highest BCUT2D eigenvalue weighted by atomic mass is 15.3. The van der Waals surface area contributed by atoms with Crippen LogP contribution in [0.2, 0.25) is 0 Å². The van der Waals surface area contributed by atoms with E-state index in [1.54, 1.807) is 0 Å². The summed E-state index contributed by atoms with van der Waals surface area (Å²) < 4.78 is 2.02. The molecule has 108 valence electrons. The molecule has 1 fully saturated rings. The second-order valence-electron chi connectivity index (χ2n) is 5.71. The van der Waals surface area contributed by atoms with Crippen LogP contribution in [0.25, 0.3) is 0 Å². The lowest BCUT2D eigenvalue weighted by Gasteiger charge is -2.35. The molecular formula is C15H28N4. The third-order valence-electron chi connectivity index (χ3n) is 4.24. The van der Waals surface area contributed by atoms with Crippen molar-refractivity contribution in [2.24, 2.45) is 0 Å². The molecule has 0 spiro atoms. The highest BCUT2D eigenvalue weighted by Gasteiger charge is 2.23. The minimum atomic E-state index is 0.759.